The lowest BCUT2D eigenvalue weighted by Crippen LogP contribution is -2.39. The lowest BCUT2D eigenvalue weighted by atomic mass is 10.1. The van der Waals surface area contributed by atoms with Gasteiger partial charge in [0.1, 0.15) is 5.25 Å². The summed E-state index contributed by atoms with van der Waals surface area (Å²) in [4.78, 5) is 11.7. The van der Waals surface area contributed by atoms with Gasteiger partial charge in [-0.2, -0.15) is 0 Å². The minimum Gasteiger partial charge on any atom is -0.355 e. The highest BCUT2D eigenvalue weighted by Gasteiger charge is 2.26. The third kappa shape index (κ3) is 9.67. The molecule has 21 heavy (non-hydrogen) atoms. The van der Waals surface area contributed by atoms with Crippen molar-refractivity contribution >= 4 is 15.7 Å². The number of amides is 1. The van der Waals surface area contributed by atoms with Crippen LogP contribution in [-0.4, -0.2) is 31.9 Å². The van der Waals surface area contributed by atoms with E-state index in [1.165, 1.54) is 51.5 Å². The Hall–Kier alpha value is -0.840. The zero-order valence-electron chi connectivity index (χ0n) is 13.6. The van der Waals surface area contributed by atoms with Crippen LogP contribution in [0.1, 0.15) is 65.2 Å². The van der Waals surface area contributed by atoms with E-state index in [0.29, 0.717) is 6.54 Å². The Bertz CT molecular complexity index is 390. The molecule has 1 amide bonds. The molecule has 1 atom stereocenters. The number of rotatable bonds is 13. The first-order chi connectivity index (χ1) is 9.95. The zero-order valence-corrected chi connectivity index (χ0v) is 14.4. The van der Waals surface area contributed by atoms with Gasteiger partial charge in [-0.1, -0.05) is 57.9 Å². The normalized spacial score (nSPS) is 12.9. The maximum Gasteiger partial charge on any atom is 0.238 e. The van der Waals surface area contributed by atoms with Gasteiger partial charge in [-0.25, -0.2) is 8.42 Å². The van der Waals surface area contributed by atoms with Crippen LogP contribution in [0.3, 0.4) is 0 Å². The van der Waals surface area contributed by atoms with Crippen LogP contribution in [0.25, 0.3) is 0 Å². The summed E-state index contributed by atoms with van der Waals surface area (Å²) in [6, 6.07) is 0. The summed E-state index contributed by atoms with van der Waals surface area (Å²) in [5.74, 6) is -0.556. The van der Waals surface area contributed by atoms with E-state index >= 15 is 0 Å². The summed E-state index contributed by atoms with van der Waals surface area (Å²) in [6.07, 6.45) is 10.9. The van der Waals surface area contributed by atoms with E-state index in [0.717, 1.165) is 12.8 Å². The second-order valence-electron chi connectivity index (χ2n) is 5.53. The molecule has 0 aromatic carbocycles. The second kappa shape index (κ2) is 11.8. The minimum absolute atomic E-state index is 0.153. The van der Waals surface area contributed by atoms with Gasteiger partial charge in [0, 0.05) is 6.54 Å². The molecular formula is C16H31NO3S. The van der Waals surface area contributed by atoms with Crippen molar-refractivity contribution in [2.45, 2.75) is 70.5 Å². The summed E-state index contributed by atoms with van der Waals surface area (Å²) >= 11 is 0. The molecule has 0 aromatic rings. The summed E-state index contributed by atoms with van der Waals surface area (Å²) in [7, 11) is -3.40. The fourth-order valence-corrected chi connectivity index (χ4v) is 3.11. The quantitative estimate of drug-likeness (QED) is 0.419. The van der Waals surface area contributed by atoms with Crippen LogP contribution in [0, 0.1) is 0 Å². The molecule has 1 unspecified atom stereocenters. The monoisotopic (exact) mass is 317 g/mol. The van der Waals surface area contributed by atoms with Crippen molar-refractivity contribution < 1.29 is 13.2 Å². The van der Waals surface area contributed by atoms with E-state index in [-0.39, 0.29) is 5.75 Å². The third-order valence-electron chi connectivity index (χ3n) is 3.59. The van der Waals surface area contributed by atoms with Crippen LogP contribution in [-0.2, 0) is 14.6 Å². The van der Waals surface area contributed by atoms with Crippen molar-refractivity contribution in [1.82, 2.24) is 5.32 Å². The van der Waals surface area contributed by atoms with E-state index in [1.807, 2.05) is 0 Å². The van der Waals surface area contributed by atoms with Crippen molar-refractivity contribution in [1.29, 1.82) is 0 Å². The first kappa shape index (κ1) is 20.2. The predicted molar refractivity (Wildman–Crippen MR) is 89.1 cm³/mol. The van der Waals surface area contributed by atoms with E-state index in [9.17, 15) is 13.2 Å². The first-order valence-corrected chi connectivity index (χ1v) is 9.77. The van der Waals surface area contributed by atoms with Crippen LogP contribution in [0.15, 0.2) is 12.7 Å². The average Bonchev–Trinajstić information content (AvgIpc) is 2.44. The number of carbonyl (C=O) groups is 1. The number of hydrogen-bond acceptors (Lipinski definition) is 3. The van der Waals surface area contributed by atoms with Crippen LogP contribution < -0.4 is 5.32 Å². The maximum absolute atomic E-state index is 11.7. The van der Waals surface area contributed by atoms with Gasteiger partial charge in [-0.15, -0.1) is 6.58 Å². The Balaban J connectivity index is 3.69. The van der Waals surface area contributed by atoms with Crippen molar-refractivity contribution in [2.75, 3.05) is 12.3 Å². The molecule has 124 valence electrons. The fourth-order valence-electron chi connectivity index (χ4n) is 2.09. The number of nitrogens with one attached hydrogen (secondary N) is 1. The average molecular weight is 317 g/mol. The lowest BCUT2D eigenvalue weighted by Gasteiger charge is -2.12. The number of unbranched alkanes of at least 4 members (excludes halogenated alkanes) is 7. The summed E-state index contributed by atoms with van der Waals surface area (Å²) in [5.41, 5.74) is 0. The smallest absolute Gasteiger partial charge is 0.238 e. The molecule has 0 bridgehead atoms. The summed E-state index contributed by atoms with van der Waals surface area (Å²) < 4.78 is 23.4. The van der Waals surface area contributed by atoms with E-state index in [1.54, 1.807) is 0 Å². The van der Waals surface area contributed by atoms with Gasteiger partial charge in [0.15, 0.2) is 9.84 Å². The molecule has 0 radical (unpaired) electrons. The number of carbonyl (C=O) groups excluding carboxylic acids is 1. The predicted octanol–water partition coefficient (Wildman–Crippen LogP) is 3.23. The van der Waals surface area contributed by atoms with E-state index in [2.05, 4.69) is 18.8 Å². The largest absolute Gasteiger partial charge is 0.355 e. The molecule has 0 fully saturated rings. The molecule has 0 rings (SSSR count). The first-order valence-electron chi connectivity index (χ1n) is 8.06. The van der Waals surface area contributed by atoms with E-state index in [4.69, 9.17) is 0 Å². The number of sulfone groups is 1. The highest BCUT2D eigenvalue weighted by Crippen LogP contribution is 2.08. The molecule has 1 N–H and O–H groups in total. The van der Waals surface area contributed by atoms with Gasteiger partial charge in [0.2, 0.25) is 5.91 Å². The van der Waals surface area contributed by atoms with Gasteiger partial charge in [-0.05, 0) is 13.3 Å². The van der Waals surface area contributed by atoms with Crippen LogP contribution in [0.4, 0.5) is 0 Å². The molecule has 0 spiro atoms. The van der Waals surface area contributed by atoms with Gasteiger partial charge in [-0.3, -0.25) is 4.79 Å². The second-order valence-corrected chi connectivity index (χ2v) is 7.89. The molecular weight excluding hydrogens is 286 g/mol. The van der Waals surface area contributed by atoms with Crippen molar-refractivity contribution in [3.63, 3.8) is 0 Å². The highest BCUT2D eigenvalue weighted by atomic mass is 32.2. The molecule has 0 aliphatic heterocycles. The molecule has 0 heterocycles. The summed E-state index contributed by atoms with van der Waals surface area (Å²) in [5, 5.41) is 1.71. The Morgan fingerprint density at radius 2 is 1.62 bits per heavy atom. The molecule has 0 aliphatic carbocycles. The van der Waals surface area contributed by atoms with Gasteiger partial charge in [0.25, 0.3) is 0 Å². The van der Waals surface area contributed by atoms with E-state index < -0.39 is 21.0 Å². The topological polar surface area (TPSA) is 63.2 Å². The minimum atomic E-state index is -3.40. The van der Waals surface area contributed by atoms with Crippen LogP contribution in [0.5, 0.6) is 0 Å². The van der Waals surface area contributed by atoms with Crippen LogP contribution in [0.2, 0.25) is 0 Å². The van der Waals surface area contributed by atoms with Gasteiger partial charge < -0.3 is 5.32 Å². The van der Waals surface area contributed by atoms with Crippen molar-refractivity contribution in [2.24, 2.45) is 0 Å². The standard InChI is InChI=1S/C16H31NO3S/c1-4-6-7-8-9-10-11-12-13-17-16(18)15(3)21(19,20)14-5-2/h5,15H,2,4,6-14H2,1,3H3,(H,17,18). The SMILES string of the molecule is C=CCS(=O)(=O)C(C)C(=O)NCCCCCCCCCC. The Kier molecular flexibility index (Phi) is 11.3. The zero-order chi connectivity index (χ0) is 16.1. The summed E-state index contributed by atoms with van der Waals surface area (Å²) in [6.45, 7) is 7.60. The highest BCUT2D eigenvalue weighted by molar-refractivity contribution is 7.92. The molecule has 0 saturated heterocycles. The molecule has 0 saturated carbocycles. The maximum atomic E-state index is 11.7. The lowest BCUT2D eigenvalue weighted by molar-refractivity contribution is -0.120. The number of hydrogen-bond donors (Lipinski definition) is 1. The van der Waals surface area contributed by atoms with Gasteiger partial charge in [0.05, 0.1) is 5.75 Å². The Morgan fingerprint density at radius 3 is 2.14 bits per heavy atom. The van der Waals surface area contributed by atoms with Crippen molar-refractivity contribution in [3.8, 4) is 0 Å². The fraction of sp³-hybridized carbons (Fsp3) is 0.812. The molecule has 0 aliphatic rings. The van der Waals surface area contributed by atoms with Crippen molar-refractivity contribution in [3.05, 3.63) is 12.7 Å². The van der Waals surface area contributed by atoms with Crippen LogP contribution >= 0.6 is 0 Å². The molecule has 4 nitrogen and oxygen atoms in total. The Labute approximate surface area is 130 Å². The third-order valence-corrected chi connectivity index (χ3v) is 5.58. The molecule has 0 aromatic heterocycles. The Morgan fingerprint density at radius 1 is 1.10 bits per heavy atom. The van der Waals surface area contributed by atoms with Gasteiger partial charge >= 0.3 is 0 Å². The molecule has 5 heteroatoms.